The predicted molar refractivity (Wildman–Crippen MR) is 164 cm³/mol. The maximum atomic E-state index is 12.2. The van der Waals surface area contributed by atoms with E-state index in [2.05, 4.69) is 10.2 Å². The van der Waals surface area contributed by atoms with Crippen molar-refractivity contribution in [1.82, 2.24) is 0 Å². The molecule has 0 aromatic heterocycles. The van der Waals surface area contributed by atoms with E-state index in [1.165, 1.54) is 0 Å². The van der Waals surface area contributed by atoms with Gasteiger partial charge in [-0.25, -0.2) is 14.4 Å². The first-order chi connectivity index (χ1) is 20.7. The van der Waals surface area contributed by atoms with Gasteiger partial charge in [0.15, 0.2) is 0 Å². The van der Waals surface area contributed by atoms with Crippen LogP contribution < -0.4 is 9.64 Å². The van der Waals surface area contributed by atoms with Crippen LogP contribution >= 0.6 is 0 Å². The average Bonchev–Trinajstić information content (AvgIpc) is 3.00. The van der Waals surface area contributed by atoms with Crippen LogP contribution in [-0.4, -0.2) is 55.4 Å². The Balaban J connectivity index is 1.21. The first-order valence-corrected chi connectivity index (χ1v) is 14.4. The van der Waals surface area contributed by atoms with E-state index in [9.17, 15) is 14.4 Å². The summed E-state index contributed by atoms with van der Waals surface area (Å²) >= 11 is 0. The SMILES string of the molecule is CN(C)c1ccc(N=Nc2ccc(OCCCCCCCCCCOC(=O)c3cc(C(=O)O)cc(C(=O)O)c3)cc2)cc1. The van der Waals surface area contributed by atoms with Crippen molar-refractivity contribution < 1.29 is 34.1 Å². The molecule has 2 N–H and O–H groups in total. The Kier molecular flexibility index (Phi) is 13.2. The van der Waals surface area contributed by atoms with Crippen molar-refractivity contribution in [1.29, 1.82) is 0 Å². The molecule has 0 heterocycles. The number of hydrogen-bond donors (Lipinski definition) is 2. The van der Waals surface area contributed by atoms with Crippen LogP contribution in [-0.2, 0) is 4.74 Å². The molecule has 0 atom stereocenters. The van der Waals surface area contributed by atoms with Crippen molar-refractivity contribution in [2.24, 2.45) is 10.2 Å². The van der Waals surface area contributed by atoms with Gasteiger partial charge < -0.3 is 24.6 Å². The lowest BCUT2D eigenvalue weighted by molar-refractivity contribution is 0.0497. The lowest BCUT2D eigenvalue weighted by Crippen LogP contribution is -2.11. The highest BCUT2D eigenvalue weighted by Gasteiger charge is 2.16. The van der Waals surface area contributed by atoms with Crippen LogP contribution in [0.3, 0.4) is 0 Å². The second-order valence-electron chi connectivity index (χ2n) is 10.3. The summed E-state index contributed by atoms with van der Waals surface area (Å²) in [6.45, 7) is 0.859. The summed E-state index contributed by atoms with van der Waals surface area (Å²) in [6, 6.07) is 18.7. The van der Waals surface area contributed by atoms with Crippen LogP contribution in [0.1, 0.15) is 82.4 Å². The molecule has 43 heavy (non-hydrogen) atoms. The van der Waals surface area contributed by atoms with E-state index in [0.717, 1.165) is 86.0 Å². The minimum absolute atomic E-state index is 0.0809. The molecule has 0 saturated carbocycles. The number of hydrogen-bond acceptors (Lipinski definition) is 8. The number of azo groups is 1. The zero-order chi connectivity index (χ0) is 31.0. The molecule has 0 radical (unpaired) electrons. The van der Waals surface area contributed by atoms with Crippen molar-refractivity contribution in [2.45, 2.75) is 51.4 Å². The number of carbonyl (C=O) groups is 3. The van der Waals surface area contributed by atoms with Gasteiger partial charge >= 0.3 is 17.9 Å². The molecule has 0 amide bonds. The minimum atomic E-state index is -1.31. The van der Waals surface area contributed by atoms with Gasteiger partial charge in [-0.3, -0.25) is 0 Å². The van der Waals surface area contributed by atoms with Crippen molar-refractivity contribution in [3.05, 3.63) is 83.4 Å². The molecule has 3 aromatic rings. The number of nitrogens with zero attached hydrogens (tertiary/aromatic N) is 3. The monoisotopic (exact) mass is 589 g/mol. The number of benzene rings is 3. The van der Waals surface area contributed by atoms with Crippen molar-refractivity contribution in [2.75, 3.05) is 32.2 Å². The molecular formula is C33H39N3O7. The Morgan fingerprint density at radius 2 is 1.07 bits per heavy atom. The number of ether oxygens (including phenoxy) is 2. The number of aromatic carboxylic acids is 2. The number of carboxylic acids is 2. The Bertz CT molecular complexity index is 1340. The third kappa shape index (κ3) is 11.6. The zero-order valence-corrected chi connectivity index (χ0v) is 24.7. The molecule has 0 aliphatic heterocycles. The molecule has 10 nitrogen and oxygen atoms in total. The molecule has 0 aliphatic rings. The topological polar surface area (TPSA) is 138 Å². The van der Waals surface area contributed by atoms with Crippen LogP contribution in [0.5, 0.6) is 5.75 Å². The first-order valence-electron chi connectivity index (χ1n) is 14.4. The van der Waals surface area contributed by atoms with Gasteiger partial charge in [-0.15, -0.1) is 0 Å². The van der Waals surface area contributed by atoms with Crippen LogP contribution in [0.4, 0.5) is 17.1 Å². The van der Waals surface area contributed by atoms with Crippen molar-refractivity contribution in [3.8, 4) is 5.75 Å². The van der Waals surface area contributed by atoms with Gasteiger partial charge in [-0.05, 0) is 79.6 Å². The van der Waals surface area contributed by atoms with Gasteiger partial charge in [0, 0.05) is 19.8 Å². The summed E-state index contributed by atoms with van der Waals surface area (Å²) in [5.74, 6) is -2.53. The Morgan fingerprint density at radius 3 is 1.56 bits per heavy atom. The fourth-order valence-electron chi connectivity index (χ4n) is 4.24. The van der Waals surface area contributed by atoms with Crippen LogP contribution in [0.25, 0.3) is 0 Å². The first kappa shape index (κ1) is 32.8. The second-order valence-corrected chi connectivity index (χ2v) is 10.3. The highest BCUT2D eigenvalue weighted by atomic mass is 16.5. The maximum absolute atomic E-state index is 12.2. The van der Waals surface area contributed by atoms with E-state index in [-0.39, 0.29) is 23.3 Å². The quantitative estimate of drug-likeness (QED) is 0.0867. The van der Waals surface area contributed by atoms with E-state index < -0.39 is 17.9 Å². The third-order valence-corrected chi connectivity index (χ3v) is 6.69. The van der Waals surface area contributed by atoms with E-state index in [0.29, 0.717) is 13.0 Å². The van der Waals surface area contributed by atoms with Crippen molar-refractivity contribution >= 4 is 35.0 Å². The molecule has 228 valence electrons. The third-order valence-electron chi connectivity index (χ3n) is 6.69. The number of unbranched alkanes of at least 4 members (excludes halogenated alkanes) is 7. The molecule has 3 rings (SSSR count). The zero-order valence-electron chi connectivity index (χ0n) is 24.7. The fourth-order valence-corrected chi connectivity index (χ4v) is 4.24. The molecule has 0 aliphatic carbocycles. The summed E-state index contributed by atoms with van der Waals surface area (Å²) in [6.07, 6.45) is 8.02. The molecule has 0 saturated heterocycles. The normalized spacial score (nSPS) is 10.9. The maximum Gasteiger partial charge on any atom is 0.338 e. The number of esters is 1. The van der Waals surface area contributed by atoms with Crippen LogP contribution in [0.2, 0.25) is 0 Å². The van der Waals surface area contributed by atoms with E-state index in [4.69, 9.17) is 19.7 Å². The van der Waals surface area contributed by atoms with Gasteiger partial charge in [0.1, 0.15) is 5.75 Å². The summed E-state index contributed by atoms with van der Waals surface area (Å²) in [5.41, 5.74) is 2.06. The van der Waals surface area contributed by atoms with Crippen LogP contribution in [0, 0.1) is 0 Å². The van der Waals surface area contributed by atoms with Crippen LogP contribution in [0.15, 0.2) is 77.0 Å². The van der Waals surface area contributed by atoms with E-state index >= 15 is 0 Å². The number of anilines is 1. The lowest BCUT2D eigenvalue weighted by atomic mass is 10.1. The standard InChI is InChI=1S/C33H39N3O7/c1-36(2)29-15-11-27(12-16-29)34-35-28-13-17-30(18-14-28)42-19-9-7-5-3-4-6-8-10-20-43-33(41)26-22-24(31(37)38)21-25(23-26)32(39)40/h11-18,21-23H,3-10,19-20H2,1-2H3,(H,37,38)(H,39,40). The molecule has 0 spiro atoms. The summed E-state index contributed by atoms with van der Waals surface area (Å²) in [4.78, 5) is 36.7. The Hall–Kier alpha value is -4.73. The van der Waals surface area contributed by atoms with Gasteiger partial charge in [0.05, 0.1) is 41.3 Å². The molecule has 0 unspecified atom stereocenters. The molecular weight excluding hydrogens is 550 g/mol. The van der Waals surface area contributed by atoms with Gasteiger partial charge in [-0.2, -0.15) is 10.2 Å². The Morgan fingerprint density at radius 1 is 0.628 bits per heavy atom. The molecule has 0 bridgehead atoms. The largest absolute Gasteiger partial charge is 0.494 e. The smallest absolute Gasteiger partial charge is 0.338 e. The molecule has 0 fully saturated rings. The number of carbonyl (C=O) groups excluding carboxylic acids is 1. The van der Waals surface area contributed by atoms with Gasteiger partial charge in [-0.1, -0.05) is 38.5 Å². The van der Waals surface area contributed by atoms with E-state index in [1.807, 2.05) is 67.5 Å². The van der Waals surface area contributed by atoms with Gasteiger partial charge in [0.2, 0.25) is 0 Å². The summed E-state index contributed by atoms with van der Waals surface area (Å²) in [7, 11) is 3.99. The predicted octanol–water partition coefficient (Wildman–Crippen LogP) is 7.92. The van der Waals surface area contributed by atoms with E-state index in [1.54, 1.807) is 0 Å². The summed E-state index contributed by atoms with van der Waals surface area (Å²) < 4.78 is 11.0. The van der Waals surface area contributed by atoms with Gasteiger partial charge in [0.25, 0.3) is 0 Å². The summed E-state index contributed by atoms with van der Waals surface area (Å²) in [5, 5.41) is 26.8. The Labute approximate surface area is 252 Å². The minimum Gasteiger partial charge on any atom is -0.494 e. The molecule has 3 aromatic carbocycles. The second kappa shape index (κ2) is 17.3. The average molecular weight is 590 g/mol. The molecule has 10 heteroatoms. The highest BCUT2D eigenvalue weighted by molar-refractivity contribution is 5.99. The fraction of sp³-hybridized carbons (Fsp3) is 0.364. The number of rotatable bonds is 18. The lowest BCUT2D eigenvalue weighted by Gasteiger charge is -2.11. The number of carboxylic acid groups (broad SMARTS) is 2. The van der Waals surface area contributed by atoms with Crippen molar-refractivity contribution in [3.63, 3.8) is 0 Å². The highest BCUT2D eigenvalue weighted by Crippen LogP contribution is 2.23.